The van der Waals surface area contributed by atoms with Gasteiger partial charge < -0.3 is 19.4 Å². The van der Waals surface area contributed by atoms with Crippen LogP contribution >= 0.6 is 0 Å². The maximum Gasteiger partial charge on any atom is 0.328 e. The van der Waals surface area contributed by atoms with E-state index in [0.717, 1.165) is 29.6 Å². The van der Waals surface area contributed by atoms with Crippen LogP contribution in [0.2, 0.25) is 0 Å². The van der Waals surface area contributed by atoms with E-state index >= 15 is 0 Å². The zero-order chi connectivity index (χ0) is 22.3. The quantitative estimate of drug-likeness (QED) is 0.551. The molecular weight excluding hydrogens is 406 g/mol. The lowest BCUT2D eigenvalue weighted by Crippen LogP contribution is -2.50. The molecule has 0 spiro atoms. The second-order valence-electron chi connectivity index (χ2n) is 7.93. The van der Waals surface area contributed by atoms with E-state index in [0.29, 0.717) is 38.3 Å². The second kappa shape index (κ2) is 10.4. The Bertz CT molecular complexity index is 1040. The number of nitrogens with zero attached hydrogens (tertiary/aromatic N) is 2. The van der Waals surface area contributed by atoms with Gasteiger partial charge in [-0.2, -0.15) is 0 Å². The summed E-state index contributed by atoms with van der Waals surface area (Å²) in [6.07, 6.45) is 2.12. The fourth-order valence-electron chi connectivity index (χ4n) is 4.17. The van der Waals surface area contributed by atoms with Gasteiger partial charge in [0, 0.05) is 49.7 Å². The van der Waals surface area contributed by atoms with E-state index in [4.69, 9.17) is 9.47 Å². The van der Waals surface area contributed by atoms with Crippen LogP contribution in [0.1, 0.15) is 15.9 Å². The number of para-hydroxylation sites is 1. The van der Waals surface area contributed by atoms with Gasteiger partial charge in [-0.15, -0.1) is 0 Å². The Morgan fingerprint density at radius 2 is 1.81 bits per heavy atom. The third-order valence-corrected chi connectivity index (χ3v) is 5.96. The Hall–Kier alpha value is -3.16. The molecule has 3 aromatic rings. The van der Waals surface area contributed by atoms with E-state index < -0.39 is 12.0 Å². The molecule has 32 heavy (non-hydrogen) atoms. The summed E-state index contributed by atoms with van der Waals surface area (Å²) in [7, 11) is 1.37. The van der Waals surface area contributed by atoms with Crippen LogP contribution in [0.3, 0.4) is 0 Å². The molecule has 1 aliphatic rings. The number of rotatable bonds is 8. The number of H-pyrrole nitrogens is 1. The Kier molecular flexibility index (Phi) is 7.19. The lowest BCUT2D eigenvalue weighted by molar-refractivity contribution is -0.146. The fraction of sp³-hybridized carbons (Fsp3) is 0.360. The first kappa shape index (κ1) is 22.0. The third-order valence-electron chi connectivity index (χ3n) is 5.96. The summed E-state index contributed by atoms with van der Waals surface area (Å²) in [6.45, 7) is 4.08. The highest BCUT2D eigenvalue weighted by atomic mass is 16.5. The minimum absolute atomic E-state index is 0.179. The standard InChI is InChI=1S/C25H29N3O4/c1-31-25(30)23(17-19-7-3-2-4-8-19)28(12-11-27-13-15-32-16-14-27)24(29)21-18-26-22-10-6-5-9-20(21)22/h2-10,18,23,26H,11-17H2,1H3/t23-/m0/s1. The summed E-state index contributed by atoms with van der Waals surface area (Å²) < 4.78 is 10.6. The van der Waals surface area contributed by atoms with Gasteiger partial charge in [0.25, 0.3) is 5.91 Å². The van der Waals surface area contributed by atoms with Gasteiger partial charge in [-0.05, 0) is 11.6 Å². The number of carbonyl (C=O) groups excluding carboxylic acids is 2. The fourth-order valence-corrected chi connectivity index (χ4v) is 4.17. The van der Waals surface area contributed by atoms with Crippen LogP contribution in [-0.2, 0) is 20.7 Å². The topological polar surface area (TPSA) is 74.9 Å². The Morgan fingerprint density at radius 3 is 2.56 bits per heavy atom. The van der Waals surface area contributed by atoms with E-state index in [2.05, 4.69) is 9.88 Å². The van der Waals surface area contributed by atoms with Gasteiger partial charge in [-0.1, -0.05) is 48.5 Å². The number of esters is 1. The summed E-state index contributed by atoms with van der Waals surface area (Å²) in [5.41, 5.74) is 2.43. The number of amides is 1. The van der Waals surface area contributed by atoms with Crippen molar-refractivity contribution >= 4 is 22.8 Å². The summed E-state index contributed by atoms with van der Waals surface area (Å²) >= 11 is 0. The number of fused-ring (bicyclic) bond motifs is 1. The molecule has 0 aliphatic carbocycles. The van der Waals surface area contributed by atoms with Gasteiger partial charge in [-0.25, -0.2) is 4.79 Å². The number of benzene rings is 2. The van der Waals surface area contributed by atoms with Crippen LogP contribution in [-0.4, -0.2) is 79.2 Å². The number of aromatic nitrogens is 1. The maximum atomic E-state index is 13.8. The molecule has 2 aromatic carbocycles. The molecule has 1 fully saturated rings. The summed E-state index contributed by atoms with van der Waals surface area (Å²) in [5.74, 6) is -0.592. The number of aromatic amines is 1. The average molecular weight is 436 g/mol. The van der Waals surface area contributed by atoms with Crippen molar-refractivity contribution in [1.29, 1.82) is 0 Å². The minimum Gasteiger partial charge on any atom is -0.467 e. The number of carbonyl (C=O) groups is 2. The molecule has 0 bridgehead atoms. The van der Waals surface area contributed by atoms with Crippen LogP contribution in [0, 0.1) is 0 Å². The van der Waals surface area contributed by atoms with E-state index in [1.54, 1.807) is 11.1 Å². The largest absolute Gasteiger partial charge is 0.467 e. The van der Waals surface area contributed by atoms with Crippen LogP contribution in [0.15, 0.2) is 60.8 Å². The number of hydrogen-bond donors (Lipinski definition) is 1. The summed E-state index contributed by atoms with van der Waals surface area (Å²) in [6, 6.07) is 16.7. The van der Waals surface area contributed by atoms with Gasteiger partial charge >= 0.3 is 5.97 Å². The first-order valence-corrected chi connectivity index (χ1v) is 11.0. The van der Waals surface area contributed by atoms with Gasteiger partial charge in [-0.3, -0.25) is 9.69 Å². The SMILES string of the molecule is COC(=O)[C@H](Cc1ccccc1)N(CCN1CCOCC1)C(=O)c1c[nH]c2ccccc12. The van der Waals surface area contributed by atoms with E-state index in [1.807, 2.05) is 54.6 Å². The average Bonchev–Trinajstić information content (AvgIpc) is 3.28. The van der Waals surface area contributed by atoms with Crippen molar-refractivity contribution in [2.45, 2.75) is 12.5 Å². The Labute approximate surface area is 187 Å². The smallest absolute Gasteiger partial charge is 0.328 e. The molecular formula is C25H29N3O4. The molecule has 1 atom stereocenters. The number of morpholine rings is 1. The second-order valence-corrected chi connectivity index (χ2v) is 7.93. The van der Waals surface area contributed by atoms with Crippen LogP contribution in [0.4, 0.5) is 0 Å². The van der Waals surface area contributed by atoms with Crippen molar-refractivity contribution in [3.8, 4) is 0 Å². The third kappa shape index (κ3) is 5.00. The van der Waals surface area contributed by atoms with Crippen LogP contribution < -0.4 is 0 Å². The molecule has 0 saturated carbocycles. The highest BCUT2D eigenvalue weighted by molar-refractivity contribution is 6.07. The highest BCUT2D eigenvalue weighted by Crippen LogP contribution is 2.22. The molecule has 168 valence electrons. The molecule has 1 saturated heterocycles. The van der Waals surface area contributed by atoms with Crippen molar-refractivity contribution in [1.82, 2.24) is 14.8 Å². The maximum absolute atomic E-state index is 13.8. The zero-order valence-electron chi connectivity index (χ0n) is 18.3. The van der Waals surface area contributed by atoms with E-state index in [-0.39, 0.29) is 5.91 Å². The molecule has 7 nitrogen and oxygen atoms in total. The Balaban J connectivity index is 1.65. The van der Waals surface area contributed by atoms with E-state index in [9.17, 15) is 9.59 Å². The predicted molar refractivity (Wildman–Crippen MR) is 123 cm³/mol. The number of ether oxygens (including phenoxy) is 2. The minimum atomic E-state index is -0.718. The van der Waals surface area contributed by atoms with Crippen molar-refractivity contribution in [2.24, 2.45) is 0 Å². The van der Waals surface area contributed by atoms with E-state index in [1.165, 1.54) is 7.11 Å². The van der Waals surface area contributed by atoms with Gasteiger partial charge in [0.05, 0.1) is 25.9 Å². The molecule has 0 radical (unpaired) electrons. The first-order chi connectivity index (χ1) is 15.7. The lowest BCUT2D eigenvalue weighted by atomic mass is 10.0. The monoisotopic (exact) mass is 435 g/mol. The molecule has 1 aromatic heterocycles. The molecule has 1 N–H and O–H groups in total. The lowest BCUT2D eigenvalue weighted by Gasteiger charge is -2.33. The van der Waals surface area contributed by atoms with Crippen molar-refractivity contribution in [3.63, 3.8) is 0 Å². The van der Waals surface area contributed by atoms with Crippen LogP contribution in [0.25, 0.3) is 10.9 Å². The van der Waals surface area contributed by atoms with Gasteiger partial charge in [0.2, 0.25) is 0 Å². The Morgan fingerprint density at radius 1 is 1.09 bits per heavy atom. The molecule has 4 rings (SSSR count). The molecule has 2 heterocycles. The number of methoxy groups -OCH3 is 1. The number of hydrogen-bond acceptors (Lipinski definition) is 5. The molecule has 1 amide bonds. The summed E-state index contributed by atoms with van der Waals surface area (Å²) in [4.78, 5) is 33.8. The van der Waals surface area contributed by atoms with Gasteiger partial charge in [0.15, 0.2) is 0 Å². The van der Waals surface area contributed by atoms with Crippen molar-refractivity contribution in [2.75, 3.05) is 46.5 Å². The predicted octanol–water partition coefficient (Wildman–Crippen LogP) is 2.73. The molecule has 1 aliphatic heterocycles. The van der Waals surface area contributed by atoms with Crippen LogP contribution in [0.5, 0.6) is 0 Å². The highest BCUT2D eigenvalue weighted by Gasteiger charge is 2.33. The zero-order valence-corrected chi connectivity index (χ0v) is 18.3. The summed E-state index contributed by atoms with van der Waals surface area (Å²) in [5, 5.41) is 0.845. The van der Waals surface area contributed by atoms with Crippen molar-refractivity contribution in [3.05, 3.63) is 71.9 Å². The molecule has 0 unspecified atom stereocenters. The number of nitrogens with one attached hydrogen (secondary N) is 1. The molecule has 7 heteroatoms. The van der Waals surface area contributed by atoms with Gasteiger partial charge in [0.1, 0.15) is 6.04 Å². The normalized spacial score (nSPS) is 15.4. The van der Waals surface area contributed by atoms with Crippen molar-refractivity contribution < 1.29 is 19.1 Å². The first-order valence-electron chi connectivity index (χ1n) is 11.0.